The van der Waals surface area contributed by atoms with Crippen LogP contribution in [0.15, 0.2) is 42.5 Å². The molecule has 180 valence electrons. The van der Waals surface area contributed by atoms with Crippen LogP contribution in [0, 0.1) is 0 Å². The van der Waals surface area contributed by atoms with Crippen LogP contribution in [0.4, 0.5) is 4.79 Å². The number of benzene rings is 2. The number of hydrogen-bond acceptors (Lipinski definition) is 7. The van der Waals surface area contributed by atoms with Crippen molar-refractivity contribution >= 4 is 27.7 Å². The number of ether oxygens (including phenoxy) is 2. The molecule has 4 amide bonds. The monoisotopic (exact) mass is 487 g/mol. The first-order chi connectivity index (χ1) is 16.1. The van der Waals surface area contributed by atoms with Crippen LogP contribution in [-0.2, 0) is 9.84 Å². The lowest BCUT2D eigenvalue weighted by Gasteiger charge is -2.34. The Morgan fingerprint density at radius 3 is 2.21 bits per heavy atom. The zero-order valence-corrected chi connectivity index (χ0v) is 20.1. The van der Waals surface area contributed by atoms with Crippen LogP contribution in [-0.4, -0.2) is 62.5 Å². The second kappa shape index (κ2) is 8.84. The summed E-state index contributed by atoms with van der Waals surface area (Å²) in [7, 11) is -2.28. The van der Waals surface area contributed by atoms with Gasteiger partial charge in [-0.05, 0) is 50.1 Å². The van der Waals surface area contributed by atoms with Gasteiger partial charge in [0.05, 0.1) is 24.8 Å². The fourth-order valence-corrected chi connectivity index (χ4v) is 5.32. The van der Waals surface area contributed by atoms with Crippen LogP contribution < -0.4 is 14.8 Å². The van der Waals surface area contributed by atoms with Crippen LogP contribution in [0.3, 0.4) is 0 Å². The molecule has 0 spiro atoms. The molecule has 1 heterocycles. The number of fused-ring (bicyclic) bond motifs is 1. The number of carbonyl (C=O) groups excluding carboxylic acids is 3. The summed E-state index contributed by atoms with van der Waals surface area (Å²) in [6, 6.07) is 8.54. The van der Waals surface area contributed by atoms with E-state index in [0.717, 1.165) is 19.1 Å². The third kappa shape index (κ3) is 4.07. The van der Waals surface area contributed by atoms with Crippen molar-refractivity contribution in [3.8, 4) is 11.5 Å². The number of nitrogens with zero attached hydrogens (tertiary/aromatic N) is 1. The predicted molar refractivity (Wildman–Crippen MR) is 124 cm³/mol. The lowest BCUT2D eigenvalue weighted by molar-refractivity contribution is -0.711. The topological polar surface area (TPSA) is 116 Å². The largest absolute Gasteiger partial charge is 0.493 e. The Hall–Kier alpha value is -3.24. The Labute approximate surface area is 198 Å². The summed E-state index contributed by atoms with van der Waals surface area (Å²) >= 11 is 0. The van der Waals surface area contributed by atoms with Gasteiger partial charge in [0.15, 0.2) is 27.4 Å². The molecule has 2 aromatic carbocycles. The number of sulfone groups is 1. The first kappa shape index (κ1) is 23.9. The van der Waals surface area contributed by atoms with Crippen molar-refractivity contribution in [1.29, 1.82) is 0 Å². The average molecular weight is 488 g/mol. The van der Waals surface area contributed by atoms with E-state index >= 15 is 0 Å². The van der Waals surface area contributed by atoms with Gasteiger partial charge in [-0.1, -0.05) is 16.6 Å². The highest BCUT2D eigenvalue weighted by Gasteiger charge is 2.65. The molecule has 4 rings (SSSR count). The Morgan fingerprint density at radius 2 is 1.71 bits per heavy atom. The van der Waals surface area contributed by atoms with Gasteiger partial charge in [-0.2, -0.15) is 0 Å². The molecule has 0 saturated heterocycles. The van der Waals surface area contributed by atoms with Crippen molar-refractivity contribution in [2.24, 2.45) is 0 Å². The SMILES string of the molecule is CCOc1cc([C@@H](CS(C)(=O)=O)[N+]2(C(=O)NC3CC3)C(=O)c3ccccc3C2=O)ccc1OC. The van der Waals surface area contributed by atoms with E-state index in [1.54, 1.807) is 31.2 Å². The van der Waals surface area contributed by atoms with Crippen LogP contribution >= 0.6 is 0 Å². The molecule has 1 aliphatic carbocycles. The minimum atomic E-state index is -3.74. The van der Waals surface area contributed by atoms with Crippen molar-refractivity contribution in [2.75, 3.05) is 25.7 Å². The number of methoxy groups -OCH3 is 1. The lowest BCUT2D eigenvalue weighted by atomic mass is 10.0. The normalized spacial score (nSPS) is 17.7. The van der Waals surface area contributed by atoms with Gasteiger partial charge in [0.1, 0.15) is 5.75 Å². The molecule has 1 N–H and O–H groups in total. The standard InChI is InChI=1S/C24H26N2O7S/c1-4-33-21-13-15(9-12-20(21)32-2)19(14-34(3,30)31)26(24(29)25-16-10-11-16)22(27)17-7-5-6-8-18(17)23(26)28/h5-9,12-13,16,19H,4,10-11,14H2,1-3H3/p+1/t19-/m1/s1. The number of quaternary nitrogens is 1. The predicted octanol–water partition coefficient (Wildman–Crippen LogP) is 2.86. The van der Waals surface area contributed by atoms with E-state index in [0.29, 0.717) is 23.7 Å². The number of urea groups is 1. The fourth-order valence-electron chi connectivity index (χ4n) is 4.33. The van der Waals surface area contributed by atoms with Gasteiger partial charge in [-0.25, -0.2) is 22.8 Å². The molecule has 9 nitrogen and oxygen atoms in total. The molecule has 0 unspecified atom stereocenters. The summed E-state index contributed by atoms with van der Waals surface area (Å²) in [4.78, 5) is 41.4. The molecule has 1 saturated carbocycles. The Bertz CT molecular complexity index is 1230. The van der Waals surface area contributed by atoms with E-state index in [4.69, 9.17) is 9.47 Å². The first-order valence-corrected chi connectivity index (χ1v) is 13.1. The van der Waals surface area contributed by atoms with Crippen LogP contribution in [0.5, 0.6) is 11.5 Å². The number of imide groups is 3. The molecule has 1 fully saturated rings. The number of rotatable bonds is 8. The van der Waals surface area contributed by atoms with Gasteiger partial charge in [-0.15, -0.1) is 0 Å². The van der Waals surface area contributed by atoms with E-state index < -0.39 is 44.0 Å². The van der Waals surface area contributed by atoms with Gasteiger partial charge >= 0.3 is 17.8 Å². The number of carbonyl (C=O) groups is 3. The van der Waals surface area contributed by atoms with Crippen molar-refractivity contribution < 1.29 is 36.8 Å². The Morgan fingerprint density at radius 1 is 1.09 bits per heavy atom. The van der Waals surface area contributed by atoms with E-state index in [1.165, 1.54) is 25.3 Å². The van der Waals surface area contributed by atoms with Gasteiger partial charge < -0.3 is 14.8 Å². The molecular formula is C24H27N2O7S+. The third-order valence-corrected chi connectivity index (χ3v) is 6.98. The second-order valence-electron chi connectivity index (χ2n) is 8.55. The molecule has 10 heteroatoms. The number of hydrogen-bond donors (Lipinski definition) is 1. The highest BCUT2D eigenvalue weighted by Crippen LogP contribution is 2.43. The maximum atomic E-state index is 13.8. The Kier molecular flexibility index (Phi) is 6.22. The number of amides is 4. The summed E-state index contributed by atoms with van der Waals surface area (Å²) in [6.07, 6.45) is 2.48. The third-order valence-electron chi connectivity index (χ3n) is 6.05. The van der Waals surface area contributed by atoms with E-state index in [2.05, 4.69) is 5.32 Å². The van der Waals surface area contributed by atoms with Gasteiger partial charge in [0.25, 0.3) is 0 Å². The summed E-state index contributed by atoms with van der Waals surface area (Å²) in [6.45, 7) is 2.09. The molecule has 1 aliphatic heterocycles. The van der Waals surface area contributed by atoms with E-state index in [9.17, 15) is 22.8 Å². The summed E-state index contributed by atoms with van der Waals surface area (Å²) in [5.41, 5.74) is 0.487. The highest BCUT2D eigenvalue weighted by atomic mass is 32.2. The van der Waals surface area contributed by atoms with Crippen molar-refractivity contribution in [3.05, 3.63) is 59.2 Å². The summed E-state index contributed by atoms with van der Waals surface area (Å²) < 4.78 is 34.8. The smallest absolute Gasteiger partial charge is 0.433 e. The molecule has 1 atom stereocenters. The van der Waals surface area contributed by atoms with Gasteiger partial charge in [-0.3, -0.25) is 0 Å². The van der Waals surface area contributed by atoms with Crippen molar-refractivity contribution in [1.82, 2.24) is 5.32 Å². The van der Waals surface area contributed by atoms with E-state index in [-0.39, 0.29) is 17.2 Å². The van der Waals surface area contributed by atoms with Gasteiger partial charge in [0, 0.05) is 17.9 Å². The fraction of sp³-hybridized carbons (Fsp3) is 0.375. The minimum Gasteiger partial charge on any atom is -0.493 e. The molecular weight excluding hydrogens is 460 g/mol. The maximum absolute atomic E-state index is 13.8. The van der Waals surface area contributed by atoms with Crippen molar-refractivity contribution in [2.45, 2.75) is 31.8 Å². The molecule has 34 heavy (non-hydrogen) atoms. The first-order valence-electron chi connectivity index (χ1n) is 11.0. The molecule has 0 bridgehead atoms. The second-order valence-corrected chi connectivity index (χ2v) is 10.7. The summed E-state index contributed by atoms with van der Waals surface area (Å²) in [5.74, 6) is -1.38. The van der Waals surface area contributed by atoms with Crippen LogP contribution in [0.25, 0.3) is 0 Å². The lowest BCUT2D eigenvalue weighted by Crippen LogP contribution is -2.64. The average Bonchev–Trinajstić information content (AvgIpc) is 3.58. The number of nitrogens with one attached hydrogen (secondary N) is 1. The van der Waals surface area contributed by atoms with Crippen LogP contribution in [0.2, 0.25) is 0 Å². The zero-order chi connectivity index (χ0) is 24.7. The quantitative estimate of drug-likeness (QED) is 0.450. The van der Waals surface area contributed by atoms with Gasteiger partial charge in [0.2, 0.25) is 0 Å². The molecule has 2 aliphatic rings. The summed E-state index contributed by atoms with van der Waals surface area (Å²) in [5, 5.41) is 2.77. The highest BCUT2D eigenvalue weighted by molar-refractivity contribution is 7.90. The van der Waals surface area contributed by atoms with Crippen molar-refractivity contribution in [3.63, 3.8) is 0 Å². The molecule has 0 aromatic heterocycles. The maximum Gasteiger partial charge on any atom is 0.433 e. The zero-order valence-electron chi connectivity index (χ0n) is 19.2. The van der Waals surface area contributed by atoms with Crippen LogP contribution in [0.1, 0.15) is 52.1 Å². The Balaban J connectivity index is 1.96. The minimum absolute atomic E-state index is 0.0930. The molecule has 2 aromatic rings. The molecule has 0 radical (unpaired) electrons. The van der Waals surface area contributed by atoms with E-state index in [1.807, 2.05) is 0 Å².